The van der Waals surface area contributed by atoms with Gasteiger partial charge in [-0.3, -0.25) is 0 Å². The normalized spacial score (nSPS) is 22.8. The Bertz CT molecular complexity index is 591. The van der Waals surface area contributed by atoms with Crippen LogP contribution in [-0.2, 0) is 16.4 Å². The number of nitrogens with one attached hydrogen (secondary N) is 1. The van der Waals surface area contributed by atoms with Crippen molar-refractivity contribution in [3.05, 3.63) is 23.8 Å². The molecule has 3 rings (SSSR count). The van der Waals surface area contributed by atoms with Gasteiger partial charge in [0.2, 0.25) is 10.0 Å². The fraction of sp³-hybridized carbons (Fsp3) is 0.538. The molecule has 0 spiro atoms. The Morgan fingerprint density at radius 3 is 2.95 bits per heavy atom. The summed E-state index contributed by atoms with van der Waals surface area (Å²) in [7, 11) is -3.38. The van der Waals surface area contributed by atoms with Gasteiger partial charge in [0, 0.05) is 32.1 Å². The van der Waals surface area contributed by atoms with Gasteiger partial charge in [-0.15, -0.1) is 12.4 Å². The molecule has 1 N–H and O–H groups in total. The van der Waals surface area contributed by atoms with Crippen LogP contribution in [-0.4, -0.2) is 45.0 Å². The molecule has 1 fully saturated rings. The molecule has 1 saturated heterocycles. The second-order valence-corrected chi connectivity index (χ2v) is 7.02. The summed E-state index contributed by atoms with van der Waals surface area (Å²) in [5.74, 6) is 0.813. The van der Waals surface area contributed by atoms with E-state index in [1.54, 1.807) is 22.5 Å². The minimum absolute atomic E-state index is 0. The quantitative estimate of drug-likeness (QED) is 0.884. The molecule has 5 nitrogen and oxygen atoms in total. The second-order valence-electron chi connectivity index (χ2n) is 5.09. The highest BCUT2D eigenvalue weighted by Gasteiger charge is 2.29. The second kappa shape index (κ2) is 5.89. The molecule has 20 heavy (non-hydrogen) atoms. The summed E-state index contributed by atoms with van der Waals surface area (Å²) in [5, 5.41) is 3.25. The summed E-state index contributed by atoms with van der Waals surface area (Å²) >= 11 is 0. The zero-order valence-electron chi connectivity index (χ0n) is 11.3. The maximum atomic E-state index is 12.6. The van der Waals surface area contributed by atoms with Gasteiger partial charge in [0.15, 0.2) is 0 Å². The van der Waals surface area contributed by atoms with Gasteiger partial charge in [-0.1, -0.05) is 0 Å². The van der Waals surface area contributed by atoms with Crippen LogP contribution in [0.3, 0.4) is 0 Å². The monoisotopic (exact) mass is 318 g/mol. The lowest BCUT2D eigenvalue weighted by atomic mass is 10.2. The van der Waals surface area contributed by atoms with E-state index in [9.17, 15) is 8.42 Å². The number of nitrogens with zero attached hydrogens (tertiary/aromatic N) is 1. The van der Waals surface area contributed by atoms with Gasteiger partial charge < -0.3 is 10.1 Å². The van der Waals surface area contributed by atoms with E-state index in [4.69, 9.17) is 4.74 Å². The van der Waals surface area contributed by atoms with E-state index in [0.717, 1.165) is 17.7 Å². The van der Waals surface area contributed by atoms with E-state index < -0.39 is 10.0 Å². The first-order chi connectivity index (χ1) is 9.07. The van der Waals surface area contributed by atoms with Crippen molar-refractivity contribution in [1.82, 2.24) is 9.62 Å². The minimum Gasteiger partial charge on any atom is -0.493 e. The van der Waals surface area contributed by atoms with Crippen molar-refractivity contribution in [3.8, 4) is 5.75 Å². The molecule has 1 aromatic rings. The Hall–Kier alpha value is -0.820. The number of sulfonamides is 1. The SMILES string of the molecule is CC1CN(S(=O)(=O)c2ccc3c(c2)CCO3)CCN1.Cl. The molecular formula is C13H19ClN2O3S. The van der Waals surface area contributed by atoms with Crippen LogP contribution in [0.25, 0.3) is 0 Å². The lowest BCUT2D eigenvalue weighted by Gasteiger charge is -2.31. The minimum atomic E-state index is -3.38. The van der Waals surface area contributed by atoms with Crippen LogP contribution in [0, 0.1) is 0 Å². The molecule has 112 valence electrons. The van der Waals surface area contributed by atoms with Crippen molar-refractivity contribution in [1.29, 1.82) is 0 Å². The van der Waals surface area contributed by atoms with E-state index in [2.05, 4.69) is 5.32 Å². The third kappa shape index (κ3) is 2.79. The summed E-state index contributed by atoms with van der Waals surface area (Å²) in [4.78, 5) is 0.380. The Kier molecular flexibility index (Phi) is 4.59. The number of hydrogen-bond donors (Lipinski definition) is 1. The molecule has 0 radical (unpaired) electrons. The predicted octanol–water partition coefficient (Wildman–Crippen LogP) is 1.03. The van der Waals surface area contributed by atoms with Crippen molar-refractivity contribution in [2.24, 2.45) is 0 Å². The summed E-state index contributed by atoms with van der Waals surface area (Å²) < 4.78 is 32.2. The van der Waals surface area contributed by atoms with Crippen molar-refractivity contribution in [2.45, 2.75) is 24.3 Å². The lowest BCUT2D eigenvalue weighted by Crippen LogP contribution is -2.51. The van der Waals surface area contributed by atoms with Crippen molar-refractivity contribution >= 4 is 22.4 Å². The zero-order chi connectivity index (χ0) is 13.5. The smallest absolute Gasteiger partial charge is 0.243 e. The molecule has 2 aliphatic heterocycles. The van der Waals surface area contributed by atoms with Crippen LogP contribution < -0.4 is 10.1 Å². The first-order valence-corrected chi connectivity index (χ1v) is 8.00. The van der Waals surface area contributed by atoms with Gasteiger partial charge in [0.25, 0.3) is 0 Å². The lowest BCUT2D eigenvalue weighted by molar-refractivity contribution is 0.310. The summed E-state index contributed by atoms with van der Waals surface area (Å²) in [6.45, 7) is 4.40. The number of piperazine rings is 1. The molecule has 2 aliphatic rings. The van der Waals surface area contributed by atoms with Crippen LogP contribution in [0.2, 0.25) is 0 Å². The van der Waals surface area contributed by atoms with Crippen LogP contribution in [0.5, 0.6) is 5.75 Å². The van der Waals surface area contributed by atoms with E-state index in [1.807, 2.05) is 6.92 Å². The van der Waals surface area contributed by atoms with Gasteiger partial charge >= 0.3 is 0 Å². The predicted molar refractivity (Wildman–Crippen MR) is 79.1 cm³/mol. The zero-order valence-corrected chi connectivity index (χ0v) is 13.0. The maximum Gasteiger partial charge on any atom is 0.243 e. The van der Waals surface area contributed by atoms with Gasteiger partial charge in [-0.05, 0) is 30.7 Å². The molecule has 0 saturated carbocycles. The van der Waals surface area contributed by atoms with E-state index in [-0.39, 0.29) is 18.4 Å². The van der Waals surface area contributed by atoms with Gasteiger partial charge in [0.05, 0.1) is 11.5 Å². The average Bonchev–Trinajstić information content (AvgIpc) is 2.85. The Morgan fingerprint density at radius 1 is 1.40 bits per heavy atom. The highest BCUT2D eigenvalue weighted by atomic mass is 35.5. The molecule has 7 heteroatoms. The third-order valence-electron chi connectivity index (χ3n) is 3.63. The first kappa shape index (κ1) is 15.6. The number of fused-ring (bicyclic) bond motifs is 1. The highest BCUT2D eigenvalue weighted by Crippen LogP contribution is 2.29. The molecule has 0 amide bonds. The summed E-state index contributed by atoms with van der Waals surface area (Å²) in [5.41, 5.74) is 0.990. The van der Waals surface area contributed by atoms with Crippen LogP contribution >= 0.6 is 12.4 Å². The molecule has 1 aromatic carbocycles. The number of halogens is 1. The standard InChI is InChI=1S/C13H18N2O3S.ClH/c1-10-9-15(6-5-14-10)19(16,17)12-2-3-13-11(8-12)4-7-18-13;/h2-3,8,10,14H,4-7,9H2,1H3;1H. The number of ether oxygens (including phenoxy) is 1. The van der Waals surface area contributed by atoms with E-state index in [0.29, 0.717) is 31.1 Å². The maximum absolute atomic E-state index is 12.6. The van der Waals surface area contributed by atoms with Gasteiger partial charge in [-0.2, -0.15) is 4.31 Å². The molecular weight excluding hydrogens is 300 g/mol. The molecule has 0 aromatic heterocycles. The van der Waals surface area contributed by atoms with E-state index >= 15 is 0 Å². The van der Waals surface area contributed by atoms with Crippen LogP contribution in [0.1, 0.15) is 12.5 Å². The summed E-state index contributed by atoms with van der Waals surface area (Å²) in [6.07, 6.45) is 0.788. The van der Waals surface area contributed by atoms with Crippen LogP contribution in [0.15, 0.2) is 23.1 Å². The van der Waals surface area contributed by atoms with Crippen molar-refractivity contribution in [3.63, 3.8) is 0 Å². The van der Waals surface area contributed by atoms with E-state index in [1.165, 1.54) is 0 Å². The molecule has 0 aliphatic carbocycles. The molecule has 1 atom stereocenters. The summed E-state index contributed by atoms with van der Waals surface area (Å²) in [6, 6.07) is 5.36. The first-order valence-electron chi connectivity index (χ1n) is 6.56. The molecule has 0 bridgehead atoms. The average molecular weight is 319 g/mol. The molecule has 2 heterocycles. The Balaban J connectivity index is 0.00000147. The fourth-order valence-corrected chi connectivity index (χ4v) is 4.17. The van der Waals surface area contributed by atoms with Crippen LogP contribution in [0.4, 0.5) is 0 Å². The van der Waals surface area contributed by atoms with Gasteiger partial charge in [0.1, 0.15) is 5.75 Å². The number of benzene rings is 1. The highest BCUT2D eigenvalue weighted by molar-refractivity contribution is 7.89. The van der Waals surface area contributed by atoms with Gasteiger partial charge in [-0.25, -0.2) is 8.42 Å². The number of hydrogen-bond acceptors (Lipinski definition) is 4. The Morgan fingerprint density at radius 2 is 2.20 bits per heavy atom. The topological polar surface area (TPSA) is 58.6 Å². The Labute approximate surface area is 125 Å². The number of rotatable bonds is 2. The van der Waals surface area contributed by atoms with Crippen molar-refractivity contribution < 1.29 is 13.2 Å². The third-order valence-corrected chi connectivity index (χ3v) is 5.49. The van der Waals surface area contributed by atoms with Crippen molar-refractivity contribution in [2.75, 3.05) is 26.2 Å². The fourth-order valence-electron chi connectivity index (χ4n) is 2.59. The largest absolute Gasteiger partial charge is 0.493 e. The molecule has 1 unspecified atom stereocenters.